The Morgan fingerprint density at radius 1 is 1.25 bits per heavy atom. The number of para-hydroxylation sites is 1. The maximum Gasteiger partial charge on any atom is 0.256 e. The molecule has 5 heteroatoms. The van der Waals surface area contributed by atoms with Crippen LogP contribution in [0.2, 0.25) is 5.02 Å². The predicted octanol–water partition coefficient (Wildman–Crippen LogP) is 2.90. The molecule has 0 aromatic heterocycles. The number of nitrogen functional groups attached to an aromatic ring is 1. The molecule has 0 aliphatic carbocycles. The SMILES string of the molecule is CN(Cc1cccc(Cl)c1)C(=O)c1ccccc1NN. The van der Waals surface area contributed by atoms with E-state index < -0.39 is 0 Å². The zero-order valence-corrected chi connectivity index (χ0v) is 11.9. The minimum Gasteiger partial charge on any atom is -0.337 e. The summed E-state index contributed by atoms with van der Waals surface area (Å²) >= 11 is 5.94. The highest BCUT2D eigenvalue weighted by atomic mass is 35.5. The molecule has 0 fully saturated rings. The molecule has 0 aliphatic rings. The van der Waals surface area contributed by atoms with Crippen molar-refractivity contribution in [3.63, 3.8) is 0 Å². The Morgan fingerprint density at radius 3 is 2.70 bits per heavy atom. The molecule has 1 amide bonds. The Bertz CT molecular complexity index is 616. The van der Waals surface area contributed by atoms with Crippen LogP contribution in [0.15, 0.2) is 48.5 Å². The molecule has 0 bridgehead atoms. The summed E-state index contributed by atoms with van der Waals surface area (Å²) in [7, 11) is 1.75. The van der Waals surface area contributed by atoms with E-state index in [-0.39, 0.29) is 5.91 Å². The lowest BCUT2D eigenvalue weighted by Crippen LogP contribution is -2.27. The van der Waals surface area contributed by atoms with Gasteiger partial charge >= 0.3 is 0 Å². The monoisotopic (exact) mass is 289 g/mol. The maximum absolute atomic E-state index is 12.4. The van der Waals surface area contributed by atoms with Crippen molar-refractivity contribution in [1.29, 1.82) is 0 Å². The highest BCUT2D eigenvalue weighted by Crippen LogP contribution is 2.17. The molecule has 0 unspecified atom stereocenters. The minimum absolute atomic E-state index is 0.0986. The van der Waals surface area contributed by atoms with Gasteiger partial charge in [0.25, 0.3) is 5.91 Å². The lowest BCUT2D eigenvalue weighted by Gasteiger charge is -2.19. The second-order valence-electron chi connectivity index (χ2n) is 4.48. The van der Waals surface area contributed by atoms with E-state index in [0.717, 1.165) is 5.56 Å². The summed E-state index contributed by atoms with van der Waals surface area (Å²) in [5, 5.41) is 0.660. The predicted molar refractivity (Wildman–Crippen MR) is 81.5 cm³/mol. The van der Waals surface area contributed by atoms with Gasteiger partial charge in [0.2, 0.25) is 0 Å². The summed E-state index contributed by atoms with van der Waals surface area (Å²) in [6.45, 7) is 0.484. The normalized spacial score (nSPS) is 10.2. The molecule has 0 saturated heterocycles. The summed E-state index contributed by atoms with van der Waals surface area (Å²) in [4.78, 5) is 14.0. The van der Waals surface area contributed by atoms with Crippen LogP contribution in [-0.4, -0.2) is 17.9 Å². The van der Waals surface area contributed by atoms with Gasteiger partial charge in [-0.2, -0.15) is 0 Å². The smallest absolute Gasteiger partial charge is 0.256 e. The Balaban J connectivity index is 2.16. The molecule has 0 heterocycles. The Labute approximate surface area is 123 Å². The molecule has 0 atom stereocenters. The van der Waals surface area contributed by atoms with Crippen LogP contribution in [0.4, 0.5) is 5.69 Å². The first kappa shape index (κ1) is 14.4. The standard InChI is InChI=1S/C15H16ClN3O/c1-19(10-11-5-4-6-12(16)9-11)15(20)13-7-2-3-8-14(13)18-17/h2-9,18H,10,17H2,1H3. The Hall–Kier alpha value is -2.04. The van der Waals surface area contributed by atoms with Crippen LogP contribution in [0, 0.1) is 0 Å². The average Bonchev–Trinajstić information content (AvgIpc) is 2.46. The summed E-state index contributed by atoms with van der Waals surface area (Å²) in [6, 6.07) is 14.6. The molecule has 0 spiro atoms. The van der Waals surface area contributed by atoms with Crippen LogP contribution < -0.4 is 11.3 Å². The number of hydrazine groups is 1. The van der Waals surface area contributed by atoms with Gasteiger partial charge in [0.1, 0.15) is 0 Å². The number of anilines is 1. The number of amides is 1. The number of benzene rings is 2. The quantitative estimate of drug-likeness (QED) is 0.672. The number of nitrogens with two attached hydrogens (primary N) is 1. The van der Waals surface area contributed by atoms with Gasteiger partial charge in [-0.25, -0.2) is 0 Å². The molecule has 2 aromatic rings. The molecular formula is C15H16ClN3O. The molecule has 0 radical (unpaired) electrons. The molecule has 104 valence electrons. The number of carbonyl (C=O) groups excluding carboxylic acids is 1. The fourth-order valence-electron chi connectivity index (χ4n) is 1.98. The molecular weight excluding hydrogens is 274 g/mol. The van der Waals surface area contributed by atoms with E-state index in [4.69, 9.17) is 17.4 Å². The van der Waals surface area contributed by atoms with Gasteiger partial charge in [0.05, 0.1) is 11.3 Å². The zero-order valence-electron chi connectivity index (χ0n) is 11.1. The lowest BCUT2D eigenvalue weighted by molar-refractivity contribution is 0.0786. The molecule has 3 N–H and O–H groups in total. The van der Waals surface area contributed by atoms with E-state index >= 15 is 0 Å². The molecule has 4 nitrogen and oxygen atoms in total. The fourth-order valence-corrected chi connectivity index (χ4v) is 2.19. The van der Waals surface area contributed by atoms with Crippen LogP contribution in [0.1, 0.15) is 15.9 Å². The van der Waals surface area contributed by atoms with Gasteiger partial charge in [-0.3, -0.25) is 10.6 Å². The number of halogens is 1. The van der Waals surface area contributed by atoms with Crippen molar-refractivity contribution in [3.8, 4) is 0 Å². The van der Waals surface area contributed by atoms with Gasteiger partial charge in [-0.05, 0) is 29.8 Å². The van der Waals surface area contributed by atoms with Crippen molar-refractivity contribution in [1.82, 2.24) is 4.90 Å². The van der Waals surface area contributed by atoms with Crippen molar-refractivity contribution in [2.24, 2.45) is 5.84 Å². The van der Waals surface area contributed by atoms with Gasteiger partial charge < -0.3 is 10.3 Å². The first-order valence-electron chi connectivity index (χ1n) is 6.17. The first-order valence-corrected chi connectivity index (χ1v) is 6.55. The minimum atomic E-state index is -0.0986. The highest BCUT2D eigenvalue weighted by molar-refractivity contribution is 6.30. The second-order valence-corrected chi connectivity index (χ2v) is 4.92. The van der Waals surface area contributed by atoms with E-state index in [9.17, 15) is 4.79 Å². The highest BCUT2D eigenvalue weighted by Gasteiger charge is 2.15. The maximum atomic E-state index is 12.4. The van der Waals surface area contributed by atoms with E-state index in [0.29, 0.717) is 22.8 Å². The van der Waals surface area contributed by atoms with Crippen LogP contribution >= 0.6 is 11.6 Å². The van der Waals surface area contributed by atoms with Gasteiger partial charge in [-0.1, -0.05) is 35.9 Å². The van der Waals surface area contributed by atoms with Gasteiger partial charge in [-0.15, -0.1) is 0 Å². The summed E-state index contributed by atoms with van der Waals surface area (Å²) in [5.74, 6) is 5.32. The third-order valence-corrected chi connectivity index (χ3v) is 3.20. The Morgan fingerprint density at radius 2 is 2.00 bits per heavy atom. The topological polar surface area (TPSA) is 58.4 Å². The molecule has 20 heavy (non-hydrogen) atoms. The van der Waals surface area contributed by atoms with E-state index in [2.05, 4.69) is 5.43 Å². The van der Waals surface area contributed by atoms with Crippen molar-refractivity contribution < 1.29 is 4.79 Å². The summed E-state index contributed by atoms with van der Waals surface area (Å²) < 4.78 is 0. The van der Waals surface area contributed by atoms with E-state index in [1.165, 1.54) is 0 Å². The summed E-state index contributed by atoms with van der Waals surface area (Å²) in [6.07, 6.45) is 0. The molecule has 2 rings (SSSR count). The van der Waals surface area contributed by atoms with Crippen molar-refractivity contribution in [2.75, 3.05) is 12.5 Å². The number of nitrogens with zero attached hydrogens (tertiary/aromatic N) is 1. The largest absolute Gasteiger partial charge is 0.337 e. The first-order chi connectivity index (χ1) is 9.61. The second kappa shape index (κ2) is 6.41. The van der Waals surface area contributed by atoms with Crippen LogP contribution in [-0.2, 0) is 6.54 Å². The van der Waals surface area contributed by atoms with Crippen molar-refractivity contribution >= 4 is 23.2 Å². The third-order valence-electron chi connectivity index (χ3n) is 2.97. The molecule has 0 saturated carbocycles. The summed E-state index contributed by atoms with van der Waals surface area (Å²) in [5.41, 5.74) is 4.66. The van der Waals surface area contributed by atoms with Crippen molar-refractivity contribution in [3.05, 3.63) is 64.7 Å². The fraction of sp³-hybridized carbons (Fsp3) is 0.133. The number of hydrogen-bond acceptors (Lipinski definition) is 3. The lowest BCUT2D eigenvalue weighted by atomic mass is 10.1. The zero-order chi connectivity index (χ0) is 14.5. The number of rotatable bonds is 4. The van der Waals surface area contributed by atoms with Crippen LogP contribution in [0.3, 0.4) is 0 Å². The van der Waals surface area contributed by atoms with Crippen LogP contribution in [0.5, 0.6) is 0 Å². The third kappa shape index (κ3) is 3.29. The molecule has 2 aromatic carbocycles. The van der Waals surface area contributed by atoms with E-state index in [1.807, 2.05) is 24.3 Å². The van der Waals surface area contributed by atoms with Gasteiger partial charge in [0, 0.05) is 18.6 Å². The van der Waals surface area contributed by atoms with Crippen LogP contribution in [0.25, 0.3) is 0 Å². The van der Waals surface area contributed by atoms with Crippen molar-refractivity contribution in [2.45, 2.75) is 6.54 Å². The Kier molecular flexibility index (Phi) is 4.61. The van der Waals surface area contributed by atoms with Gasteiger partial charge in [0.15, 0.2) is 0 Å². The number of hydrogen-bond donors (Lipinski definition) is 2. The average molecular weight is 290 g/mol. The molecule has 0 aliphatic heterocycles. The van der Waals surface area contributed by atoms with E-state index in [1.54, 1.807) is 36.2 Å². The number of carbonyl (C=O) groups is 1. The number of nitrogens with one attached hydrogen (secondary N) is 1.